The third kappa shape index (κ3) is 4.86. The molecule has 2 amide bonds. The number of nitrogens with one attached hydrogen (secondary N) is 2. The van der Waals surface area contributed by atoms with Crippen LogP contribution in [0.5, 0.6) is 0 Å². The maximum atomic E-state index is 13.4. The number of nitrogens with zero attached hydrogens (tertiary/aromatic N) is 1. The van der Waals surface area contributed by atoms with E-state index in [0.717, 1.165) is 6.07 Å². The SMILES string of the molecule is C/C=C(C(=O)Nc1ccc(F)c(C#N)c1)\C(C)=C(/C)C(=O)C(=O)NCC. The second-order valence-corrected chi connectivity index (χ2v) is 5.40. The molecule has 1 aromatic rings. The minimum Gasteiger partial charge on any atom is -0.349 e. The summed E-state index contributed by atoms with van der Waals surface area (Å²) in [6, 6.07) is 5.31. The molecule has 0 spiro atoms. The van der Waals surface area contributed by atoms with Gasteiger partial charge in [0.15, 0.2) is 0 Å². The van der Waals surface area contributed by atoms with E-state index in [2.05, 4.69) is 10.6 Å². The highest BCUT2D eigenvalue weighted by atomic mass is 19.1. The lowest BCUT2D eigenvalue weighted by Crippen LogP contribution is -2.31. The molecule has 0 saturated heterocycles. The molecule has 0 aliphatic rings. The van der Waals surface area contributed by atoms with Gasteiger partial charge in [-0.3, -0.25) is 14.4 Å². The fraction of sp³-hybridized carbons (Fsp3) is 0.263. The molecule has 2 N–H and O–H groups in total. The van der Waals surface area contributed by atoms with Crippen molar-refractivity contribution in [1.29, 1.82) is 5.26 Å². The number of hydrogen-bond donors (Lipinski definition) is 2. The van der Waals surface area contributed by atoms with E-state index < -0.39 is 23.4 Å². The van der Waals surface area contributed by atoms with Gasteiger partial charge in [0.25, 0.3) is 11.8 Å². The van der Waals surface area contributed by atoms with Crippen molar-refractivity contribution in [2.75, 3.05) is 11.9 Å². The molecule has 0 aliphatic heterocycles. The molecular formula is C19H20FN3O3. The van der Waals surface area contributed by atoms with Gasteiger partial charge in [0.2, 0.25) is 5.78 Å². The summed E-state index contributed by atoms with van der Waals surface area (Å²) in [4.78, 5) is 36.3. The predicted molar refractivity (Wildman–Crippen MR) is 95.6 cm³/mol. The molecule has 0 heterocycles. The van der Waals surface area contributed by atoms with Crippen LogP contribution in [0.2, 0.25) is 0 Å². The van der Waals surface area contributed by atoms with Crippen molar-refractivity contribution in [3.05, 3.63) is 52.4 Å². The third-order valence-electron chi connectivity index (χ3n) is 3.73. The third-order valence-corrected chi connectivity index (χ3v) is 3.73. The van der Waals surface area contributed by atoms with E-state index >= 15 is 0 Å². The largest absolute Gasteiger partial charge is 0.349 e. The molecule has 1 rings (SSSR count). The van der Waals surface area contributed by atoms with Crippen molar-refractivity contribution < 1.29 is 18.8 Å². The van der Waals surface area contributed by atoms with Gasteiger partial charge in [-0.2, -0.15) is 5.26 Å². The molecule has 1 aromatic carbocycles. The summed E-state index contributed by atoms with van der Waals surface area (Å²) < 4.78 is 13.4. The number of anilines is 1. The summed E-state index contributed by atoms with van der Waals surface area (Å²) >= 11 is 0. The zero-order valence-electron chi connectivity index (χ0n) is 15.1. The molecule has 6 nitrogen and oxygen atoms in total. The highest BCUT2D eigenvalue weighted by Crippen LogP contribution is 2.19. The lowest BCUT2D eigenvalue weighted by Gasteiger charge is -2.12. The number of likely N-dealkylation sites (N-methyl/N-ethyl adjacent to an activating group) is 1. The Morgan fingerprint density at radius 3 is 2.38 bits per heavy atom. The minimum atomic E-state index is -0.739. The normalized spacial score (nSPS) is 11.9. The molecule has 0 fully saturated rings. The molecular weight excluding hydrogens is 337 g/mol. The molecule has 0 aliphatic carbocycles. The number of nitriles is 1. The molecule has 7 heteroatoms. The summed E-state index contributed by atoms with van der Waals surface area (Å²) in [6.07, 6.45) is 1.51. The molecule has 0 atom stereocenters. The summed E-state index contributed by atoms with van der Waals surface area (Å²) in [7, 11) is 0. The number of carbonyl (C=O) groups excluding carboxylic acids is 3. The number of halogens is 1. The monoisotopic (exact) mass is 357 g/mol. The first-order valence-corrected chi connectivity index (χ1v) is 7.94. The number of ketones is 1. The quantitative estimate of drug-likeness (QED) is 0.464. The Balaban J connectivity index is 3.09. The van der Waals surface area contributed by atoms with Crippen molar-refractivity contribution in [2.24, 2.45) is 0 Å². The lowest BCUT2D eigenvalue weighted by atomic mass is 9.98. The van der Waals surface area contributed by atoms with Crippen molar-refractivity contribution in [3.63, 3.8) is 0 Å². The van der Waals surface area contributed by atoms with Crippen LogP contribution in [0.15, 0.2) is 41.0 Å². The Morgan fingerprint density at radius 1 is 1.19 bits per heavy atom. The van der Waals surface area contributed by atoms with Crippen LogP contribution in [-0.4, -0.2) is 24.1 Å². The standard InChI is InChI=1S/C19H20FN3O3/c1-5-15(11(3)12(4)17(24)19(26)22-6-2)18(25)23-14-7-8-16(20)13(9-14)10-21/h5,7-9H,6H2,1-4H3,(H,22,26)(H,23,25)/b12-11+,15-5+. The summed E-state index contributed by atoms with van der Waals surface area (Å²) in [6.45, 7) is 6.66. The van der Waals surface area contributed by atoms with Crippen molar-refractivity contribution in [2.45, 2.75) is 27.7 Å². The predicted octanol–water partition coefficient (Wildman–Crippen LogP) is 2.62. The fourth-order valence-corrected chi connectivity index (χ4v) is 2.19. The van der Waals surface area contributed by atoms with Crippen LogP contribution in [0, 0.1) is 17.1 Å². The lowest BCUT2D eigenvalue weighted by molar-refractivity contribution is -0.135. The zero-order chi connectivity index (χ0) is 19.9. The van der Waals surface area contributed by atoms with Gasteiger partial charge in [-0.1, -0.05) is 6.08 Å². The van der Waals surface area contributed by atoms with Crippen molar-refractivity contribution >= 4 is 23.3 Å². The van der Waals surface area contributed by atoms with E-state index in [4.69, 9.17) is 5.26 Å². The van der Waals surface area contributed by atoms with Crippen LogP contribution >= 0.6 is 0 Å². The zero-order valence-corrected chi connectivity index (χ0v) is 15.1. The number of hydrogen-bond acceptors (Lipinski definition) is 4. The van der Waals surface area contributed by atoms with E-state index in [-0.39, 0.29) is 22.4 Å². The fourth-order valence-electron chi connectivity index (χ4n) is 2.19. The van der Waals surface area contributed by atoms with Crippen LogP contribution in [0.4, 0.5) is 10.1 Å². The van der Waals surface area contributed by atoms with Gasteiger partial charge in [0.05, 0.1) is 5.56 Å². The second kappa shape index (κ2) is 9.28. The topological polar surface area (TPSA) is 99.1 Å². The molecule has 0 radical (unpaired) electrons. The Morgan fingerprint density at radius 2 is 1.85 bits per heavy atom. The van der Waals surface area contributed by atoms with E-state index in [1.54, 1.807) is 26.8 Å². The van der Waals surface area contributed by atoms with Crippen LogP contribution in [0.25, 0.3) is 0 Å². The Kier molecular flexibility index (Phi) is 7.41. The first-order valence-electron chi connectivity index (χ1n) is 7.94. The Bertz CT molecular complexity index is 848. The maximum absolute atomic E-state index is 13.4. The van der Waals surface area contributed by atoms with E-state index in [1.807, 2.05) is 0 Å². The summed E-state index contributed by atoms with van der Waals surface area (Å²) in [5, 5.41) is 13.8. The molecule has 0 aromatic heterocycles. The molecule has 0 bridgehead atoms. The van der Waals surface area contributed by atoms with Crippen LogP contribution in [-0.2, 0) is 14.4 Å². The van der Waals surface area contributed by atoms with Crippen LogP contribution in [0.1, 0.15) is 33.3 Å². The minimum absolute atomic E-state index is 0.149. The Labute approximate surface area is 151 Å². The van der Waals surface area contributed by atoms with Gasteiger partial charge < -0.3 is 10.6 Å². The average Bonchev–Trinajstić information content (AvgIpc) is 2.62. The van der Waals surface area contributed by atoms with Crippen molar-refractivity contribution in [1.82, 2.24) is 5.32 Å². The molecule has 26 heavy (non-hydrogen) atoms. The van der Waals surface area contributed by atoms with E-state index in [0.29, 0.717) is 12.1 Å². The van der Waals surface area contributed by atoms with Gasteiger partial charge in [0, 0.05) is 23.4 Å². The van der Waals surface area contributed by atoms with Gasteiger partial charge in [-0.15, -0.1) is 0 Å². The van der Waals surface area contributed by atoms with E-state index in [1.165, 1.54) is 25.1 Å². The van der Waals surface area contributed by atoms with Crippen LogP contribution in [0.3, 0.4) is 0 Å². The number of benzene rings is 1. The highest BCUT2D eigenvalue weighted by molar-refractivity contribution is 6.42. The van der Waals surface area contributed by atoms with E-state index in [9.17, 15) is 18.8 Å². The van der Waals surface area contributed by atoms with Crippen molar-refractivity contribution in [3.8, 4) is 6.07 Å². The average molecular weight is 357 g/mol. The van der Waals surface area contributed by atoms with Gasteiger partial charge >= 0.3 is 0 Å². The first kappa shape index (κ1) is 20.8. The van der Waals surface area contributed by atoms with Gasteiger partial charge in [-0.25, -0.2) is 4.39 Å². The smallest absolute Gasteiger partial charge is 0.292 e. The Hall–Kier alpha value is -3.27. The van der Waals surface area contributed by atoms with Gasteiger partial charge in [-0.05, 0) is 51.5 Å². The summed E-state index contributed by atoms with van der Waals surface area (Å²) in [5.41, 5.74) is 0.746. The number of allylic oxidation sites excluding steroid dienone is 1. The molecule has 0 saturated carbocycles. The highest BCUT2D eigenvalue weighted by Gasteiger charge is 2.21. The van der Waals surface area contributed by atoms with Gasteiger partial charge in [0.1, 0.15) is 11.9 Å². The first-order chi connectivity index (χ1) is 12.3. The number of carbonyl (C=O) groups is 3. The number of rotatable bonds is 6. The summed E-state index contributed by atoms with van der Waals surface area (Å²) in [5.74, 6) is -2.68. The molecule has 0 unspecified atom stereocenters. The second-order valence-electron chi connectivity index (χ2n) is 5.40. The molecule has 136 valence electrons. The number of Topliss-reactive ketones (excluding diaryl/α,β-unsaturated/α-hetero) is 1. The van der Waals surface area contributed by atoms with Crippen LogP contribution < -0.4 is 10.6 Å². The maximum Gasteiger partial charge on any atom is 0.292 e. The number of amides is 2.